The molecule has 6 nitrogen and oxygen atoms in total. The van der Waals surface area contributed by atoms with Crippen molar-refractivity contribution in [2.75, 3.05) is 11.9 Å². The van der Waals surface area contributed by atoms with E-state index < -0.39 is 5.91 Å². The summed E-state index contributed by atoms with van der Waals surface area (Å²) in [6.07, 6.45) is 1.53. The zero-order chi connectivity index (χ0) is 14.4. The number of rotatable bonds is 2. The van der Waals surface area contributed by atoms with Crippen LogP contribution in [0.5, 0.6) is 0 Å². The summed E-state index contributed by atoms with van der Waals surface area (Å²) in [5.41, 5.74) is 5.81. The van der Waals surface area contributed by atoms with Gasteiger partial charge in [0, 0.05) is 17.8 Å². The molecule has 0 unspecified atom stereocenters. The van der Waals surface area contributed by atoms with Crippen LogP contribution in [-0.4, -0.2) is 22.4 Å². The SMILES string of the molecule is NCC#Cc1ccnc(NC(=O)c2cccc(=O)[nH]2)c1. The Morgan fingerprint density at radius 2 is 2.25 bits per heavy atom. The number of carbonyl (C=O) groups is 1. The molecule has 0 atom stereocenters. The molecule has 0 aliphatic heterocycles. The molecule has 0 aliphatic rings. The second-order valence-corrected chi connectivity index (χ2v) is 3.82. The van der Waals surface area contributed by atoms with Crippen molar-refractivity contribution in [3.05, 3.63) is 58.1 Å². The maximum atomic E-state index is 11.9. The van der Waals surface area contributed by atoms with E-state index in [1.54, 1.807) is 12.1 Å². The Kier molecular flexibility index (Phi) is 4.27. The monoisotopic (exact) mass is 268 g/mol. The molecule has 6 heteroatoms. The van der Waals surface area contributed by atoms with Gasteiger partial charge in [0.25, 0.3) is 5.91 Å². The topological polar surface area (TPSA) is 101 Å². The Balaban J connectivity index is 2.17. The highest BCUT2D eigenvalue weighted by molar-refractivity contribution is 6.02. The summed E-state index contributed by atoms with van der Waals surface area (Å²) in [7, 11) is 0. The molecule has 0 bridgehead atoms. The highest BCUT2D eigenvalue weighted by atomic mass is 16.2. The summed E-state index contributed by atoms with van der Waals surface area (Å²) in [5, 5.41) is 2.58. The number of hydrogen-bond donors (Lipinski definition) is 3. The van der Waals surface area contributed by atoms with Crippen LogP contribution in [0.2, 0.25) is 0 Å². The standard InChI is InChI=1S/C14H12N4O2/c15-7-2-3-10-6-8-16-12(9-10)18-14(20)11-4-1-5-13(19)17-11/h1,4-6,8-9H,7,15H2,(H,17,19)(H,16,18,20). The number of nitrogens with one attached hydrogen (secondary N) is 2. The predicted octanol–water partition coefficient (Wildman–Crippen LogP) is 0.332. The molecule has 0 aromatic carbocycles. The van der Waals surface area contributed by atoms with Gasteiger partial charge in [0.2, 0.25) is 5.56 Å². The van der Waals surface area contributed by atoms with Gasteiger partial charge in [-0.25, -0.2) is 4.98 Å². The minimum absolute atomic E-state index is 0.165. The smallest absolute Gasteiger partial charge is 0.273 e. The van der Waals surface area contributed by atoms with Crippen molar-refractivity contribution in [3.8, 4) is 11.8 Å². The number of amides is 1. The Labute approximate surface area is 115 Å². The zero-order valence-corrected chi connectivity index (χ0v) is 10.5. The molecule has 2 rings (SSSR count). The highest BCUT2D eigenvalue weighted by Gasteiger charge is 2.07. The molecule has 2 aromatic heterocycles. The quantitative estimate of drug-likeness (QED) is 0.683. The number of pyridine rings is 2. The first kappa shape index (κ1) is 13.5. The summed E-state index contributed by atoms with van der Waals surface area (Å²) < 4.78 is 0. The van der Waals surface area contributed by atoms with Crippen LogP contribution >= 0.6 is 0 Å². The van der Waals surface area contributed by atoms with Gasteiger partial charge in [-0.15, -0.1) is 0 Å². The normalized spacial score (nSPS) is 9.45. The van der Waals surface area contributed by atoms with Crippen LogP contribution in [0.25, 0.3) is 0 Å². The van der Waals surface area contributed by atoms with E-state index in [0.29, 0.717) is 11.4 Å². The molecule has 0 spiro atoms. The first-order valence-electron chi connectivity index (χ1n) is 5.85. The Morgan fingerprint density at radius 3 is 3.00 bits per heavy atom. The van der Waals surface area contributed by atoms with Crippen LogP contribution < -0.4 is 16.6 Å². The lowest BCUT2D eigenvalue weighted by molar-refractivity contribution is 0.102. The molecule has 0 radical (unpaired) electrons. The van der Waals surface area contributed by atoms with Crippen molar-refractivity contribution in [1.82, 2.24) is 9.97 Å². The first-order valence-corrected chi connectivity index (χ1v) is 5.85. The van der Waals surface area contributed by atoms with Crippen LogP contribution in [0, 0.1) is 11.8 Å². The summed E-state index contributed by atoms with van der Waals surface area (Å²) in [4.78, 5) is 29.5. The third kappa shape index (κ3) is 3.54. The molecule has 20 heavy (non-hydrogen) atoms. The second-order valence-electron chi connectivity index (χ2n) is 3.82. The fourth-order valence-corrected chi connectivity index (χ4v) is 1.49. The minimum atomic E-state index is -0.445. The number of anilines is 1. The van der Waals surface area contributed by atoms with Crippen molar-refractivity contribution in [2.24, 2.45) is 5.73 Å². The lowest BCUT2D eigenvalue weighted by Crippen LogP contribution is -2.18. The van der Waals surface area contributed by atoms with Crippen molar-refractivity contribution in [1.29, 1.82) is 0 Å². The number of nitrogens with zero attached hydrogens (tertiary/aromatic N) is 1. The molecule has 0 saturated heterocycles. The third-order valence-electron chi connectivity index (χ3n) is 2.35. The number of aromatic amines is 1. The lowest BCUT2D eigenvalue weighted by Gasteiger charge is -2.04. The summed E-state index contributed by atoms with van der Waals surface area (Å²) in [5.74, 6) is 5.46. The summed E-state index contributed by atoms with van der Waals surface area (Å²) >= 11 is 0. The molecule has 2 heterocycles. The second kappa shape index (κ2) is 6.31. The number of aromatic nitrogens is 2. The van der Waals surface area contributed by atoms with E-state index in [9.17, 15) is 9.59 Å². The van der Waals surface area contributed by atoms with Gasteiger partial charge >= 0.3 is 0 Å². The van der Waals surface area contributed by atoms with Gasteiger partial charge in [0.1, 0.15) is 11.5 Å². The van der Waals surface area contributed by atoms with Crippen molar-refractivity contribution in [3.63, 3.8) is 0 Å². The van der Waals surface area contributed by atoms with E-state index >= 15 is 0 Å². The third-order valence-corrected chi connectivity index (χ3v) is 2.35. The maximum absolute atomic E-state index is 11.9. The van der Waals surface area contributed by atoms with Crippen LogP contribution in [0.3, 0.4) is 0 Å². The van der Waals surface area contributed by atoms with Crippen LogP contribution in [0.1, 0.15) is 16.1 Å². The molecular weight excluding hydrogens is 256 g/mol. The van der Waals surface area contributed by atoms with Gasteiger partial charge in [-0.1, -0.05) is 17.9 Å². The van der Waals surface area contributed by atoms with E-state index in [1.807, 2.05) is 0 Å². The van der Waals surface area contributed by atoms with E-state index in [2.05, 4.69) is 27.1 Å². The average Bonchev–Trinajstić information content (AvgIpc) is 2.45. The number of H-pyrrole nitrogens is 1. The van der Waals surface area contributed by atoms with Gasteiger partial charge in [-0.2, -0.15) is 0 Å². The van der Waals surface area contributed by atoms with Crippen LogP contribution in [0.4, 0.5) is 5.82 Å². The number of nitrogens with two attached hydrogens (primary N) is 1. The zero-order valence-electron chi connectivity index (χ0n) is 10.5. The summed E-state index contributed by atoms with van der Waals surface area (Å²) in [6.45, 7) is 0.259. The summed E-state index contributed by atoms with van der Waals surface area (Å²) in [6, 6.07) is 7.68. The van der Waals surface area contributed by atoms with Crippen LogP contribution in [-0.2, 0) is 0 Å². The van der Waals surface area contributed by atoms with Gasteiger partial charge < -0.3 is 16.0 Å². The van der Waals surface area contributed by atoms with Gasteiger partial charge in [0.05, 0.1) is 6.54 Å². The average molecular weight is 268 g/mol. The van der Waals surface area contributed by atoms with Crippen molar-refractivity contribution >= 4 is 11.7 Å². The highest BCUT2D eigenvalue weighted by Crippen LogP contribution is 2.07. The predicted molar refractivity (Wildman–Crippen MR) is 75.2 cm³/mol. The van der Waals surface area contributed by atoms with Crippen LogP contribution in [0.15, 0.2) is 41.3 Å². The molecule has 0 fully saturated rings. The maximum Gasteiger partial charge on any atom is 0.273 e. The van der Waals surface area contributed by atoms with Gasteiger partial charge in [0.15, 0.2) is 0 Å². The van der Waals surface area contributed by atoms with Crippen molar-refractivity contribution < 1.29 is 4.79 Å². The van der Waals surface area contributed by atoms with E-state index in [0.717, 1.165) is 0 Å². The molecule has 0 saturated carbocycles. The fraction of sp³-hybridized carbons (Fsp3) is 0.0714. The molecule has 1 amide bonds. The van der Waals surface area contributed by atoms with E-state index in [-0.39, 0.29) is 17.8 Å². The van der Waals surface area contributed by atoms with E-state index in [1.165, 1.54) is 24.4 Å². The molecular formula is C14H12N4O2. The Morgan fingerprint density at radius 1 is 1.40 bits per heavy atom. The first-order chi connectivity index (χ1) is 9.69. The van der Waals surface area contributed by atoms with E-state index in [4.69, 9.17) is 5.73 Å². The fourth-order valence-electron chi connectivity index (χ4n) is 1.49. The van der Waals surface area contributed by atoms with Crippen molar-refractivity contribution in [2.45, 2.75) is 0 Å². The Bertz CT molecular complexity index is 740. The number of hydrogen-bond acceptors (Lipinski definition) is 4. The largest absolute Gasteiger partial charge is 0.320 e. The molecule has 0 aliphatic carbocycles. The molecule has 2 aromatic rings. The lowest BCUT2D eigenvalue weighted by atomic mass is 10.2. The number of carbonyl (C=O) groups excluding carboxylic acids is 1. The minimum Gasteiger partial charge on any atom is -0.320 e. The van der Waals surface area contributed by atoms with Gasteiger partial charge in [-0.3, -0.25) is 9.59 Å². The molecule has 4 N–H and O–H groups in total. The van der Waals surface area contributed by atoms with Gasteiger partial charge in [-0.05, 0) is 18.2 Å². The molecule has 100 valence electrons. The Hall–Kier alpha value is -2.91.